The third-order valence-corrected chi connectivity index (χ3v) is 5.39. The molecule has 0 saturated heterocycles. The molecule has 3 aromatic rings. The minimum atomic E-state index is -0.308. The zero-order valence-corrected chi connectivity index (χ0v) is 17.6. The Labute approximate surface area is 180 Å². The summed E-state index contributed by atoms with van der Waals surface area (Å²) in [6.45, 7) is 3.99. The molecule has 0 radical (unpaired) electrons. The van der Waals surface area contributed by atoms with Crippen molar-refractivity contribution in [2.24, 2.45) is 5.92 Å². The molecule has 0 fully saturated rings. The summed E-state index contributed by atoms with van der Waals surface area (Å²) < 4.78 is 15.0. The second kappa shape index (κ2) is 8.71. The Morgan fingerprint density at radius 1 is 1.13 bits per heavy atom. The van der Waals surface area contributed by atoms with Crippen LogP contribution in [0, 0.1) is 11.7 Å². The molecule has 0 unspecified atom stereocenters. The predicted octanol–water partition coefficient (Wildman–Crippen LogP) is 4.02. The van der Waals surface area contributed by atoms with Crippen LogP contribution in [-0.4, -0.2) is 21.6 Å². The van der Waals surface area contributed by atoms with Gasteiger partial charge in [0.25, 0.3) is 5.91 Å². The first kappa shape index (κ1) is 20.8. The van der Waals surface area contributed by atoms with Gasteiger partial charge in [0, 0.05) is 29.4 Å². The number of hydrogen-bond donors (Lipinski definition) is 2. The number of fused-ring (bicyclic) bond motifs is 1. The van der Waals surface area contributed by atoms with E-state index in [4.69, 9.17) is 0 Å². The first-order valence-corrected chi connectivity index (χ1v) is 10.5. The summed E-state index contributed by atoms with van der Waals surface area (Å²) in [6.07, 6.45) is 2.60. The summed E-state index contributed by atoms with van der Waals surface area (Å²) in [5, 5.41) is 10.3. The van der Waals surface area contributed by atoms with Gasteiger partial charge in [-0.15, -0.1) is 0 Å². The second-order valence-electron chi connectivity index (χ2n) is 8.04. The Morgan fingerprint density at radius 3 is 2.65 bits per heavy atom. The highest BCUT2D eigenvalue weighted by atomic mass is 19.1. The van der Waals surface area contributed by atoms with Crippen molar-refractivity contribution in [2.75, 3.05) is 5.32 Å². The van der Waals surface area contributed by atoms with Crippen LogP contribution in [0.1, 0.15) is 47.6 Å². The maximum absolute atomic E-state index is 13.3. The molecule has 0 aliphatic heterocycles. The molecule has 1 heterocycles. The van der Waals surface area contributed by atoms with Crippen molar-refractivity contribution in [3.8, 4) is 5.69 Å². The summed E-state index contributed by atoms with van der Waals surface area (Å²) in [6, 6.07) is 13.5. The number of benzene rings is 2. The van der Waals surface area contributed by atoms with Crippen LogP contribution in [0.15, 0.2) is 48.5 Å². The van der Waals surface area contributed by atoms with Crippen molar-refractivity contribution in [3.05, 3.63) is 76.9 Å². The average Bonchev–Trinajstić information content (AvgIpc) is 3.36. The summed E-state index contributed by atoms with van der Waals surface area (Å²) in [5.41, 5.74) is 4.71. The Bertz CT molecular complexity index is 1120. The standard InChI is InChI=1S/C24H25FN4O2/c1-15(2)23(30)27-18-6-3-5-16(13-18)14-26-24(31)22-20-7-4-8-21(20)29(28-22)19-11-9-17(25)10-12-19/h3,5-6,9-13,15H,4,7-8,14H2,1-2H3,(H,26,31)(H,27,30). The van der Waals surface area contributed by atoms with Crippen LogP contribution in [0.3, 0.4) is 0 Å². The molecular weight excluding hydrogens is 395 g/mol. The van der Waals surface area contributed by atoms with Crippen molar-refractivity contribution < 1.29 is 14.0 Å². The fourth-order valence-corrected chi connectivity index (χ4v) is 3.73. The largest absolute Gasteiger partial charge is 0.347 e. The van der Waals surface area contributed by atoms with Crippen LogP contribution in [-0.2, 0) is 24.2 Å². The quantitative estimate of drug-likeness (QED) is 0.632. The fraction of sp³-hybridized carbons (Fsp3) is 0.292. The normalized spacial score (nSPS) is 12.6. The first-order chi connectivity index (χ1) is 14.9. The predicted molar refractivity (Wildman–Crippen MR) is 117 cm³/mol. The van der Waals surface area contributed by atoms with E-state index in [1.54, 1.807) is 16.8 Å². The summed E-state index contributed by atoms with van der Waals surface area (Å²) in [5.74, 6) is -0.710. The fourth-order valence-electron chi connectivity index (χ4n) is 3.73. The number of nitrogens with one attached hydrogen (secondary N) is 2. The number of carbonyl (C=O) groups is 2. The van der Waals surface area contributed by atoms with Gasteiger partial charge in [-0.3, -0.25) is 9.59 Å². The zero-order valence-electron chi connectivity index (χ0n) is 17.6. The van der Waals surface area contributed by atoms with Crippen molar-refractivity contribution in [1.29, 1.82) is 0 Å². The van der Waals surface area contributed by atoms with Crippen LogP contribution in [0.4, 0.5) is 10.1 Å². The molecule has 2 N–H and O–H groups in total. The molecule has 4 rings (SSSR count). The van der Waals surface area contributed by atoms with E-state index in [1.165, 1.54) is 12.1 Å². The van der Waals surface area contributed by atoms with Gasteiger partial charge in [-0.1, -0.05) is 26.0 Å². The third-order valence-electron chi connectivity index (χ3n) is 5.39. The Hall–Kier alpha value is -3.48. The number of rotatable bonds is 6. The summed E-state index contributed by atoms with van der Waals surface area (Å²) in [7, 11) is 0. The molecule has 2 amide bonds. The first-order valence-electron chi connectivity index (χ1n) is 10.5. The maximum atomic E-state index is 13.3. The number of amides is 2. The number of carbonyl (C=O) groups excluding carboxylic acids is 2. The highest BCUT2D eigenvalue weighted by Gasteiger charge is 2.26. The molecule has 160 valence electrons. The lowest BCUT2D eigenvalue weighted by Gasteiger charge is -2.10. The summed E-state index contributed by atoms with van der Waals surface area (Å²) >= 11 is 0. The van der Waals surface area contributed by atoms with E-state index in [1.807, 2.05) is 38.1 Å². The average molecular weight is 420 g/mol. The number of aromatic nitrogens is 2. The molecule has 0 atom stereocenters. The van der Waals surface area contributed by atoms with Gasteiger partial charge in [-0.2, -0.15) is 5.10 Å². The molecule has 7 heteroatoms. The minimum Gasteiger partial charge on any atom is -0.347 e. The van der Waals surface area contributed by atoms with Gasteiger partial charge >= 0.3 is 0 Å². The molecule has 2 aromatic carbocycles. The van der Waals surface area contributed by atoms with Crippen LogP contribution in [0.5, 0.6) is 0 Å². The van der Waals surface area contributed by atoms with E-state index in [9.17, 15) is 14.0 Å². The van der Waals surface area contributed by atoms with Crippen LogP contribution >= 0.6 is 0 Å². The minimum absolute atomic E-state index is 0.0527. The SMILES string of the molecule is CC(C)C(=O)Nc1cccc(CNC(=O)c2nn(-c3ccc(F)cc3)c3c2CCC3)c1. The van der Waals surface area contributed by atoms with Gasteiger partial charge < -0.3 is 10.6 Å². The molecule has 0 saturated carbocycles. The van der Waals surface area contributed by atoms with E-state index in [2.05, 4.69) is 15.7 Å². The van der Waals surface area contributed by atoms with Crippen LogP contribution in [0.25, 0.3) is 5.69 Å². The van der Waals surface area contributed by atoms with Crippen molar-refractivity contribution in [1.82, 2.24) is 15.1 Å². The zero-order chi connectivity index (χ0) is 22.0. The monoisotopic (exact) mass is 420 g/mol. The van der Waals surface area contributed by atoms with E-state index in [-0.39, 0.29) is 23.5 Å². The lowest BCUT2D eigenvalue weighted by molar-refractivity contribution is -0.118. The molecular formula is C24H25FN4O2. The highest BCUT2D eigenvalue weighted by Crippen LogP contribution is 2.28. The van der Waals surface area contributed by atoms with Gasteiger partial charge in [0.2, 0.25) is 5.91 Å². The third kappa shape index (κ3) is 4.50. The van der Waals surface area contributed by atoms with Gasteiger partial charge in [0.15, 0.2) is 5.69 Å². The van der Waals surface area contributed by atoms with E-state index in [0.717, 1.165) is 41.8 Å². The lowest BCUT2D eigenvalue weighted by atomic mass is 10.1. The molecule has 6 nitrogen and oxygen atoms in total. The van der Waals surface area contributed by atoms with Crippen molar-refractivity contribution in [3.63, 3.8) is 0 Å². The van der Waals surface area contributed by atoms with Gasteiger partial charge in [0.05, 0.1) is 5.69 Å². The molecule has 31 heavy (non-hydrogen) atoms. The van der Waals surface area contributed by atoms with Gasteiger partial charge in [0.1, 0.15) is 5.82 Å². The number of anilines is 1. The Morgan fingerprint density at radius 2 is 1.90 bits per heavy atom. The molecule has 0 spiro atoms. The molecule has 1 aliphatic carbocycles. The number of hydrogen-bond acceptors (Lipinski definition) is 3. The number of halogens is 1. The van der Waals surface area contributed by atoms with E-state index >= 15 is 0 Å². The summed E-state index contributed by atoms with van der Waals surface area (Å²) in [4.78, 5) is 24.8. The lowest BCUT2D eigenvalue weighted by Crippen LogP contribution is -2.24. The molecule has 0 bridgehead atoms. The van der Waals surface area contributed by atoms with Crippen LogP contribution < -0.4 is 10.6 Å². The topological polar surface area (TPSA) is 76.0 Å². The second-order valence-corrected chi connectivity index (χ2v) is 8.04. The van der Waals surface area contributed by atoms with Gasteiger partial charge in [-0.25, -0.2) is 9.07 Å². The van der Waals surface area contributed by atoms with Crippen molar-refractivity contribution in [2.45, 2.75) is 39.7 Å². The van der Waals surface area contributed by atoms with E-state index < -0.39 is 0 Å². The number of nitrogens with zero attached hydrogens (tertiary/aromatic N) is 2. The van der Waals surface area contributed by atoms with Crippen LogP contribution in [0.2, 0.25) is 0 Å². The Kier molecular flexibility index (Phi) is 5.84. The van der Waals surface area contributed by atoms with E-state index in [0.29, 0.717) is 17.9 Å². The molecule has 1 aromatic heterocycles. The smallest absolute Gasteiger partial charge is 0.272 e. The van der Waals surface area contributed by atoms with Gasteiger partial charge in [-0.05, 0) is 61.2 Å². The highest BCUT2D eigenvalue weighted by molar-refractivity contribution is 5.94. The Balaban J connectivity index is 1.49. The molecule has 1 aliphatic rings. The van der Waals surface area contributed by atoms with Crippen molar-refractivity contribution >= 4 is 17.5 Å². The maximum Gasteiger partial charge on any atom is 0.272 e.